The highest BCUT2D eigenvalue weighted by molar-refractivity contribution is 9.10. The number of nitrogens with zero attached hydrogens (tertiary/aromatic N) is 2. The second-order valence-electron chi connectivity index (χ2n) is 4.56. The summed E-state index contributed by atoms with van der Waals surface area (Å²) in [5.41, 5.74) is 1.14. The Morgan fingerprint density at radius 3 is 2.90 bits per heavy atom. The molecule has 0 amide bonds. The van der Waals surface area contributed by atoms with E-state index in [1.165, 1.54) is 0 Å². The monoisotopic (exact) mass is 337 g/mol. The van der Waals surface area contributed by atoms with Gasteiger partial charge in [-0.3, -0.25) is 4.68 Å². The van der Waals surface area contributed by atoms with Crippen molar-refractivity contribution >= 4 is 15.9 Å². The van der Waals surface area contributed by atoms with E-state index in [0.717, 1.165) is 47.6 Å². The number of nitrogens with one attached hydrogen (secondary N) is 1. The van der Waals surface area contributed by atoms with Crippen molar-refractivity contribution in [3.05, 3.63) is 40.6 Å². The van der Waals surface area contributed by atoms with Gasteiger partial charge in [0.15, 0.2) is 5.75 Å². The molecule has 0 aliphatic rings. The normalized spacial score (nSPS) is 10.8. The molecule has 1 aromatic carbocycles. The van der Waals surface area contributed by atoms with Gasteiger partial charge >= 0.3 is 0 Å². The van der Waals surface area contributed by atoms with Crippen LogP contribution in [-0.2, 0) is 13.1 Å². The fourth-order valence-electron chi connectivity index (χ4n) is 1.87. The molecule has 0 spiro atoms. The van der Waals surface area contributed by atoms with Crippen LogP contribution in [0.2, 0.25) is 0 Å². The fraction of sp³-hybridized carbons (Fsp3) is 0.400. The number of hydrogen-bond acceptors (Lipinski definition) is 3. The Kier molecular flexibility index (Phi) is 5.61. The van der Waals surface area contributed by atoms with Crippen LogP contribution in [0.4, 0.5) is 0 Å². The van der Waals surface area contributed by atoms with Crippen LogP contribution < -0.4 is 10.1 Å². The van der Waals surface area contributed by atoms with Crippen LogP contribution in [-0.4, -0.2) is 16.3 Å². The predicted octanol–water partition coefficient (Wildman–Crippen LogP) is 3.96. The Morgan fingerprint density at radius 1 is 1.35 bits per heavy atom. The molecule has 1 N–H and O–H groups in total. The van der Waals surface area contributed by atoms with E-state index in [2.05, 4.69) is 46.3 Å². The molecule has 20 heavy (non-hydrogen) atoms. The van der Waals surface area contributed by atoms with Crippen LogP contribution in [0, 0.1) is 0 Å². The van der Waals surface area contributed by atoms with Crippen molar-refractivity contribution in [2.45, 2.75) is 33.4 Å². The average Bonchev–Trinajstić information content (AvgIpc) is 2.89. The Balaban J connectivity index is 2.13. The Hall–Kier alpha value is -1.33. The number of aromatic nitrogens is 2. The van der Waals surface area contributed by atoms with E-state index in [-0.39, 0.29) is 0 Å². The van der Waals surface area contributed by atoms with Gasteiger partial charge in [0.2, 0.25) is 0 Å². The van der Waals surface area contributed by atoms with Crippen LogP contribution in [0.5, 0.6) is 11.5 Å². The molecule has 0 saturated heterocycles. The zero-order chi connectivity index (χ0) is 14.4. The average molecular weight is 338 g/mol. The number of benzene rings is 1. The minimum Gasteiger partial charge on any atom is -0.454 e. The Bertz CT molecular complexity index is 554. The number of aryl methyl sites for hydroxylation is 1. The van der Waals surface area contributed by atoms with Gasteiger partial charge < -0.3 is 10.1 Å². The van der Waals surface area contributed by atoms with Crippen LogP contribution in [0.25, 0.3) is 0 Å². The molecular formula is C15H20BrN3O. The third-order valence-electron chi connectivity index (χ3n) is 2.93. The lowest BCUT2D eigenvalue weighted by Gasteiger charge is -2.11. The second kappa shape index (κ2) is 7.45. The van der Waals surface area contributed by atoms with Crippen molar-refractivity contribution in [2.24, 2.45) is 0 Å². The first-order valence-electron chi connectivity index (χ1n) is 6.92. The quantitative estimate of drug-likeness (QED) is 0.777. The van der Waals surface area contributed by atoms with Crippen LogP contribution >= 0.6 is 15.9 Å². The van der Waals surface area contributed by atoms with Crippen molar-refractivity contribution in [1.82, 2.24) is 15.1 Å². The molecule has 1 heterocycles. The molecule has 0 aliphatic heterocycles. The van der Waals surface area contributed by atoms with Gasteiger partial charge in [0.1, 0.15) is 5.75 Å². The summed E-state index contributed by atoms with van der Waals surface area (Å²) in [5, 5.41) is 7.62. The van der Waals surface area contributed by atoms with Gasteiger partial charge in [0, 0.05) is 23.1 Å². The van der Waals surface area contributed by atoms with Gasteiger partial charge in [-0.1, -0.05) is 28.9 Å². The molecule has 2 rings (SSSR count). The van der Waals surface area contributed by atoms with E-state index in [0.29, 0.717) is 0 Å². The molecule has 0 atom stereocenters. The topological polar surface area (TPSA) is 39.1 Å². The molecule has 0 bridgehead atoms. The first-order chi connectivity index (χ1) is 9.72. The standard InChI is InChI=1S/C15H20BrN3O/c1-3-7-17-9-12-5-6-13(16)8-15(12)20-14-10-18-19(4-2)11-14/h5-6,8,10-11,17H,3-4,7,9H2,1-2H3. The number of ether oxygens (including phenoxy) is 1. The molecule has 0 unspecified atom stereocenters. The molecule has 0 radical (unpaired) electrons. The lowest BCUT2D eigenvalue weighted by atomic mass is 10.2. The van der Waals surface area contributed by atoms with Crippen molar-refractivity contribution in [2.75, 3.05) is 6.54 Å². The van der Waals surface area contributed by atoms with Crippen LogP contribution in [0.15, 0.2) is 35.1 Å². The maximum absolute atomic E-state index is 5.95. The van der Waals surface area contributed by atoms with Gasteiger partial charge in [-0.25, -0.2) is 0 Å². The van der Waals surface area contributed by atoms with E-state index in [4.69, 9.17) is 4.74 Å². The van der Waals surface area contributed by atoms with E-state index in [1.54, 1.807) is 6.20 Å². The van der Waals surface area contributed by atoms with Crippen molar-refractivity contribution < 1.29 is 4.74 Å². The minimum absolute atomic E-state index is 0.765. The highest BCUT2D eigenvalue weighted by Crippen LogP contribution is 2.28. The highest BCUT2D eigenvalue weighted by atomic mass is 79.9. The minimum atomic E-state index is 0.765. The summed E-state index contributed by atoms with van der Waals surface area (Å²) in [6.07, 6.45) is 4.77. The molecule has 2 aromatic rings. The smallest absolute Gasteiger partial charge is 0.165 e. The van der Waals surface area contributed by atoms with Crippen molar-refractivity contribution in [3.8, 4) is 11.5 Å². The summed E-state index contributed by atoms with van der Waals surface area (Å²) in [6, 6.07) is 6.10. The molecule has 0 fully saturated rings. The molecule has 5 heteroatoms. The zero-order valence-electron chi connectivity index (χ0n) is 11.9. The summed E-state index contributed by atoms with van der Waals surface area (Å²) < 4.78 is 8.81. The predicted molar refractivity (Wildman–Crippen MR) is 84.1 cm³/mol. The van der Waals surface area contributed by atoms with Gasteiger partial charge in [-0.05, 0) is 32.0 Å². The first-order valence-corrected chi connectivity index (χ1v) is 7.71. The molecule has 0 saturated carbocycles. The Morgan fingerprint density at radius 2 is 2.20 bits per heavy atom. The van der Waals surface area contributed by atoms with Crippen molar-refractivity contribution in [1.29, 1.82) is 0 Å². The second-order valence-corrected chi connectivity index (χ2v) is 5.48. The summed E-state index contributed by atoms with van der Waals surface area (Å²) in [5.74, 6) is 1.63. The molecular weight excluding hydrogens is 318 g/mol. The summed E-state index contributed by atoms with van der Waals surface area (Å²) in [6.45, 7) is 6.86. The van der Waals surface area contributed by atoms with E-state index >= 15 is 0 Å². The SMILES string of the molecule is CCCNCc1ccc(Br)cc1Oc1cnn(CC)c1. The number of halogens is 1. The zero-order valence-corrected chi connectivity index (χ0v) is 13.5. The third-order valence-corrected chi connectivity index (χ3v) is 3.43. The van der Waals surface area contributed by atoms with Gasteiger partial charge in [0.25, 0.3) is 0 Å². The van der Waals surface area contributed by atoms with Gasteiger partial charge in [0.05, 0.1) is 12.4 Å². The van der Waals surface area contributed by atoms with E-state index < -0.39 is 0 Å². The molecule has 1 aromatic heterocycles. The maximum Gasteiger partial charge on any atom is 0.165 e. The van der Waals surface area contributed by atoms with Gasteiger partial charge in [-0.15, -0.1) is 0 Å². The Labute approximate surface area is 128 Å². The van der Waals surface area contributed by atoms with Gasteiger partial charge in [-0.2, -0.15) is 5.10 Å². The number of rotatable bonds is 7. The molecule has 108 valence electrons. The fourth-order valence-corrected chi connectivity index (χ4v) is 2.21. The van der Waals surface area contributed by atoms with Crippen molar-refractivity contribution in [3.63, 3.8) is 0 Å². The first kappa shape index (κ1) is 15.1. The largest absolute Gasteiger partial charge is 0.454 e. The van der Waals surface area contributed by atoms with Crippen LogP contribution in [0.1, 0.15) is 25.8 Å². The summed E-state index contributed by atoms with van der Waals surface area (Å²) in [4.78, 5) is 0. The lowest BCUT2D eigenvalue weighted by molar-refractivity contribution is 0.471. The highest BCUT2D eigenvalue weighted by Gasteiger charge is 2.07. The van der Waals surface area contributed by atoms with Crippen LogP contribution in [0.3, 0.4) is 0 Å². The number of hydrogen-bond donors (Lipinski definition) is 1. The van der Waals surface area contributed by atoms with E-state index in [9.17, 15) is 0 Å². The molecule has 4 nitrogen and oxygen atoms in total. The van der Waals surface area contributed by atoms with E-state index in [1.807, 2.05) is 23.0 Å². The third kappa shape index (κ3) is 4.08. The summed E-state index contributed by atoms with van der Waals surface area (Å²) >= 11 is 3.49. The lowest BCUT2D eigenvalue weighted by Crippen LogP contribution is -2.14. The summed E-state index contributed by atoms with van der Waals surface area (Å²) in [7, 11) is 0. The molecule has 0 aliphatic carbocycles. The maximum atomic E-state index is 5.95.